The molecule has 0 radical (unpaired) electrons. The van der Waals surface area contributed by atoms with E-state index in [9.17, 15) is 0 Å². The molecule has 1 saturated carbocycles. The highest BCUT2D eigenvalue weighted by Gasteiger charge is 2.20. The van der Waals surface area contributed by atoms with Crippen molar-refractivity contribution in [3.63, 3.8) is 0 Å². The molecule has 3 rings (SSSR count). The van der Waals surface area contributed by atoms with Crippen LogP contribution in [0.15, 0.2) is 42.5 Å². The summed E-state index contributed by atoms with van der Waals surface area (Å²) in [5.41, 5.74) is 1.38. The van der Waals surface area contributed by atoms with Crippen molar-refractivity contribution in [3.8, 4) is 0 Å². The topological polar surface area (TPSA) is 15.3 Å². The predicted octanol–water partition coefficient (Wildman–Crippen LogP) is 3.63. The highest BCUT2D eigenvalue weighted by molar-refractivity contribution is 7.11. The lowest BCUT2D eigenvalue weighted by atomic mass is 10.2. The van der Waals surface area contributed by atoms with E-state index in [2.05, 4.69) is 59.7 Å². The van der Waals surface area contributed by atoms with Gasteiger partial charge in [0.1, 0.15) is 0 Å². The Kier molecular flexibility index (Phi) is 4.51. The molecule has 0 bridgehead atoms. The molecule has 0 atom stereocenters. The van der Waals surface area contributed by atoms with E-state index in [4.69, 9.17) is 0 Å². The molecule has 1 N–H and O–H groups in total. The molecule has 2 aromatic rings. The second-order valence-corrected chi connectivity index (χ2v) is 6.93. The zero-order valence-electron chi connectivity index (χ0n) is 12.0. The third-order valence-electron chi connectivity index (χ3n) is 3.58. The molecule has 1 aromatic carbocycles. The van der Waals surface area contributed by atoms with Gasteiger partial charge < -0.3 is 5.32 Å². The number of hydrogen-bond acceptors (Lipinski definition) is 3. The van der Waals surface area contributed by atoms with Crippen molar-refractivity contribution in [3.05, 3.63) is 57.8 Å². The number of nitrogens with zero attached hydrogens (tertiary/aromatic N) is 1. The molecule has 1 fully saturated rings. The van der Waals surface area contributed by atoms with Crippen LogP contribution in [0.3, 0.4) is 0 Å². The minimum Gasteiger partial charge on any atom is -0.309 e. The molecule has 0 amide bonds. The lowest BCUT2D eigenvalue weighted by Crippen LogP contribution is -2.16. The average molecular weight is 286 g/mol. The van der Waals surface area contributed by atoms with E-state index in [-0.39, 0.29) is 0 Å². The Balaban J connectivity index is 1.49. The summed E-state index contributed by atoms with van der Waals surface area (Å²) in [5, 5.41) is 3.58. The quantitative estimate of drug-likeness (QED) is 0.836. The van der Waals surface area contributed by atoms with Crippen molar-refractivity contribution in [2.75, 3.05) is 7.05 Å². The van der Waals surface area contributed by atoms with Gasteiger partial charge >= 0.3 is 0 Å². The van der Waals surface area contributed by atoms with Crippen LogP contribution in [-0.2, 0) is 19.6 Å². The number of nitrogens with one attached hydrogen (secondary N) is 1. The number of thiophene rings is 1. The maximum atomic E-state index is 3.58. The molecule has 1 aliphatic carbocycles. The highest BCUT2D eigenvalue weighted by atomic mass is 32.1. The van der Waals surface area contributed by atoms with E-state index < -0.39 is 0 Å². The molecule has 20 heavy (non-hydrogen) atoms. The maximum Gasteiger partial charge on any atom is 0.0328 e. The molecule has 0 aliphatic heterocycles. The minimum atomic E-state index is 0.793. The first-order valence-corrected chi connectivity index (χ1v) is 8.15. The fourth-order valence-corrected chi connectivity index (χ4v) is 3.40. The molecule has 106 valence electrons. The van der Waals surface area contributed by atoms with Crippen LogP contribution in [0.2, 0.25) is 0 Å². The normalized spacial score (nSPS) is 14.9. The Bertz CT molecular complexity index is 531. The van der Waals surface area contributed by atoms with Crippen LogP contribution < -0.4 is 5.32 Å². The monoisotopic (exact) mass is 286 g/mol. The van der Waals surface area contributed by atoms with Gasteiger partial charge in [-0.2, -0.15) is 0 Å². The highest BCUT2D eigenvalue weighted by Crippen LogP contribution is 2.22. The number of benzene rings is 1. The SMILES string of the molecule is CN(Cc1ccccc1)Cc1ccc(CNC2CC2)s1. The fourth-order valence-electron chi connectivity index (χ4n) is 2.35. The van der Waals surface area contributed by atoms with Crippen molar-refractivity contribution in [1.29, 1.82) is 0 Å². The van der Waals surface area contributed by atoms with Crippen LogP contribution in [0.4, 0.5) is 0 Å². The predicted molar refractivity (Wildman–Crippen MR) is 85.8 cm³/mol. The Morgan fingerprint density at radius 1 is 1.05 bits per heavy atom. The molecule has 0 unspecified atom stereocenters. The van der Waals surface area contributed by atoms with Crippen molar-refractivity contribution in [2.24, 2.45) is 0 Å². The van der Waals surface area contributed by atoms with Crippen LogP contribution in [-0.4, -0.2) is 18.0 Å². The van der Waals surface area contributed by atoms with Crippen LogP contribution in [0, 0.1) is 0 Å². The van der Waals surface area contributed by atoms with Gasteiger partial charge in [0, 0.05) is 35.4 Å². The van der Waals surface area contributed by atoms with E-state index in [0.29, 0.717) is 0 Å². The van der Waals surface area contributed by atoms with Gasteiger partial charge in [0.15, 0.2) is 0 Å². The van der Waals surface area contributed by atoms with Gasteiger partial charge in [0.05, 0.1) is 0 Å². The number of rotatable bonds is 7. The lowest BCUT2D eigenvalue weighted by molar-refractivity contribution is 0.322. The summed E-state index contributed by atoms with van der Waals surface area (Å²) in [6.07, 6.45) is 2.72. The van der Waals surface area contributed by atoms with E-state index in [1.807, 2.05) is 11.3 Å². The van der Waals surface area contributed by atoms with Crippen LogP contribution in [0.1, 0.15) is 28.2 Å². The molecular weight excluding hydrogens is 264 g/mol. The summed E-state index contributed by atoms with van der Waals surface area (Å²) in [5.74, 6) is 0. The summed E-state index contributed by atoms with van der Waals surface area (Å²) < 4.78 is 0. The zero-order valence-corrected chi connectivity index (χ0v) is 12.8. The van der Waals surface area contributed by atoms with Gasteiger partial charge in [-0.1, -0.05) is 30.3 Å². The summed E-state index contributed by atoms with van der Waals surface area (Å²) in [6, 6.07) is 16.0. The van der Waals surface area contributed by atoms with Crippen LogP contribution in [0.25, 0.3) is 0 Å². The molecule has 1 aromatic heterocycles. The molecule has 0 saturated heterocycles. The van der Waals surface area contributed by atoms with Gasteiger partial charge in [-0.15, -0.1) is 11.3 Å². The number of hydrogen-bond donors (Lipinski definition) is 1. The van der Waals surface area contributed by atoms with Crippen molar-refractivity contribution in [2.45, 2.75) is 38.5 Å². The Morgan fingerprint density at radius 2 is 1.80 bits per heavy atom. The first kappa shape index (κ1) is 13.8. The minimum absolute atomic E-state index is 0.793. The maximum absolute atomic E-state index is 3.58. The molecule has 1 aliphatic rings. The largest absolute Gasteiger partial charge is 0.309 e. The van der Waals surface area contributed by atoms with Gasteiger partial charge in [0.2, 0.25) is 0 Å². The summed E-state index contributed by atoms with van der Waals surface area (Å²) >= 11 is 1.94. The Labute approximate surface area is 125 Å². The van der Waals surface area contributed by atoms with Crippen molar-refractivity contribution < 1.29 is 0 Å². The first-order chi connectivity index (χ1) is 9.79. The molecule has 2 nitrogen and oxygen atoms in total. The summed E-state index contributed by atoms with van der Waals surface area (Å²) in [4.78, 5) is 5.29. The summed E-state index contributed by atoms with van der Waals surface area (Å²) in [7, 11) is 2.19. The lowest BCUT2D eigenvalue weighted by Gasteiger charge is -2.15. The third kappa shape index (κ3) is 4.17. The smallest absolute Gasteiger partial charge is 0.0328 e. The fraction of sp³-hybridized carbons (Fsp3) is 0.412. The van der Waals surface area contributed by atoms with Crippen LogP contribution in [0.5, 0.6) is 0 Å². The zero-order chi connectivity index (χ0) is 13.8. The van der Waals surface area contributed by atoms with Crippen molar-refractivity contribution >= 4 is 11.3 Å². The second kappa shape index (κ2) is 6.53. The third-order valence-corrected chi connectivity index (χ3v) is 4.65. The molecule has 0 spiro atoms. The molecule has 3 heteroatoms. The van der Waals surface area contributed by atoms with Gasteiger partial charge in [-0.3, -0.25) is 4.90 Å². The summed E-state index contributed by atoms with van der Waals surface area (Å²) in [6.45, 7) is 3.08. The van der Waals surface area contributed by atoms with E-state index in [1.54, 1.807) is 0 Å². The van der Waals surface area contributed by atoms with E-state index in [0.717, 1.165) is 25.7 Å². The molecular formula is C17H22N2S. The second-order valence-electron chi connectivity index (χ2n) is 5.68. The van der Waals surface area contributed by atoms with E-state index in [1.165, 1.54) is 28.2 Å². The Morgan fingerprint density at radius 3 is 2.55 bits per heavy atom. The molecule has 1 heterocycles. The van der Waals surface area contributed by atoms with Gasteiger partial charge in [0.25, 0.3) is 0 Å². The Hall–Kier alpha value is -1.16. The first-order valence-electron chi connectivity index (χ1n) is 7.33. The van der Waals surface area contributed by atoms with Gasteiger partial charge in [-0.05, 0) is 37.6 Å². The van der Waals surface area contributed by atoms with Gasteiger partial charge in [-0.25, -0.2) is 0 Å². The van der Waals surface area contributed by atoms with Crippen LogP contribution >= 0.6 is 11.3 Å². The average Bonchev–Trinajstić information content (AvgIpc) is 3.18. The standard InChI is InChI=1S/C17H22N2S/c1-19(12-14-5-3-2-4-6-14)13-17-10-9-16(20-17)11-18-15-7-8-15/h2-6,9-10,15,18H,7-8,11-13H2,1H3. The van der Waals surface area contributed by atoms with Crippen molar-refractivity contribution in [1.82, 2.24) is 10.2 Å². The van der Waals surface area contributed by atoms with E-state index >= 15 is 0 Å².